The van der Waals surface area contributed by atoms with Crippen molar-refractivity contribution < 1.29 is 4.79 Å². The van der Waals surface area contributed by atoms with Crippen LogP contribution < -0.4 is 5.73 Å². The lowest BCUT2D eigenvalue weighted by Crippen LogP contribution is -2.43. The van der Waals surface area contributed by atoms with Crippen LogP contribution in [0.4, 0.5) is 0 Å². The number of halogens is 1. The molecule has 1 aliphatic rings. The molecule has 18 heavy (non-hydrogen) atoms. The normalized spacial score (nSPS) is 16.7. The van der Waals surface area contributed by atoms with Crippen molar-refractivity contribution in [1.82, 2.24) is 9.47 Å². The average molecular weight is 314 g/mol. The highest BCUT2D eigenvalue weighted by molar-refractivity contribution is 9.10. The van der Waals surface area contributed by atoms with Gasteiger partial charge in [-0.3, -0.25) is 4.79 Å². The lowest BCUT2D eigenvalue weighted by Gasteiger charge is -2.27. The maximum atomic E-state index is 12.5. The maximum Gasteiger partial charge on any atom is 0.270 e. The maximum absolute atomic E-state index is 12.5. The van der Waals surface area contributed by atoms with Crippen LogP contribution in [0.15, 0.2) is 16.7 Å². The Morgan fingerprint density at radius 3 is 2.83 bits per heavy atom. The molecule has 1 fully saturated rings. The topological polar surface area (TPSA) is 51.3 Å². The number of aromatic nitrogens is 1. The summed E-state index contributed by atoms with van der Waals surface area (Å²) in [6.45, 7) is 3.36. The Labute approximate surface area is 116 Å². The van der Waals surface area contributed by atoms with Crippen molar-refractivity contribution in [2.75, 3.05) is 13.6 Å². The van der Waals surface area contributed by atoms with E-state index in [2.05, 4.69) is 15.9 Å². The van der Waals surface area contributed by atoms with Gasteiger partial charge >= 0.3 is 0 Å². The molecule has 0 radical (unpaired) electrons. The first kappa shape index (κ1) is 13.6. The molecule has 0 aromatic carbocycles. The van der Waals surface area contributed by atoms with Gasteiger partial charge in [0.2, 0.25) is 0 Å². The van der Waals surface area contributed by atoms with Crippen molar-refractivity contribution in [2.45, 2.75) is 32.4 Å². The van der Waals surface area contributed by atoms with Gasteiger partial charge in [0, 0.05) is 36.8 Å². The fourth-order valence-corrected chi connectivity index (χ4v) is 2.86. The molecule has 0 saturated heterocycles. The molecule has 1 saturated carbocycles. The third-order valence-corrected chi connectivity index (χ3v) is 4.08. The number of nitrogens with two attached hydrogens (primary N) is 1. The lowest BCUT2D eigenvalue weighted by molar-refractivity contribution is 0.0708. The van der Waals surface area contributed by atoms with Gasteiger partial charge in [-0.2, -0.15) is 0 Å². The molecule has 1 heterocycles. The number of aryl methyl sites for hydroxylation is 1. The molecule has 2 N–H and O–H groups in total. The summed E-state index contributed by atoms with van der Waals surface area (Å²) < 4.78 is 2.90. The van der Waals surface area contributed by atoms with Crippen molar-refractivity contribution in [2.24, 2.45) is 11.7 Å². The lowest BCUT2D eigenvalue weighted by atomic mass is 10.1. The molecule has 1 aliphatic carbocycles. The van der Waals surface area contributed by atoms with Crippen molar-refractivity contribution in [3.8, 4) is 0 Å². The minimum absolute atomic E-state index is 0.0601. The Kier molecular flexibility index (Phi) is 4.12. The van der Waals surface area contributed by atoms with Gasteiger partial charge in [-0.05, 0) is 47.7 Å². The van der Waals surface area contributed by atoms with Crippen LogP contribution in [-0.2, 0) is 6.54 Å². The quantitative estimate of drug-likeness (QED) is 0.905. The molecule has 5 heteroatoms. The highest BCUT2D eigenvalue weighted by Crippen LogP contribution is 2.35. The molecule has 0 spiro atoms. The Morgan fingerprint density at radius 1 is 1.67 bits per heavy atom. The molecular weight excluding hydrogens is 294 g/mol. The van der Waals surface area contributed by atoms with E-state index in [1.54, 1.807) is 0 Å². The average Bonchev–Trinajstić information content (AvgIpc) is 3.11. The van der Waals surface area contributed by atoms with E-state index in [-0.39, 0.29) is 11.9 Å². The van der Waals surface area contributed by atoms with Gasteiger partial charge in [0.05, 0.1) is 0 Å². The number of carbonyl (C=O) groups is 1. The van der Waals surface area contributed by atoms with Crippen LogP contribution in [-0.4, -0.2) is 35.0 Å². The van der Waals surface area contributed by atoms with Crippen LogP contribution >= 0.6 is 15.9 Å². The largest absolute Gasteiger partial charge is 0.343 e. The van der Waals surface area contributed by atoms with Gasteiger partial charge in [-0.15, -0.1) is 0 Å². The van der Waals surface area contributed by atoms with Gasteiger partial charge in [-0.1, -0.05) is 0 Å². The molecule has 1 amide bonds. The van der Waals surface area contributed by atoms with Crippen LogP contribution in [0.3, 0.4) is 0 Å². The van der Waals surface area contributed by atoms with Crippen LogP contribution in [0.1, 0.15) is 30.3 Å². The predicted octanol–water partition coefficient (Wildman–Crippen LogP) is 2.08. The number of likely N-dealkylation sites (N-methyl/N-ethyl adjacent to an activating group) is 1. The van der Waals surface area contributed by atoms with Crippen molar-refractivity contribution in [3.63, 3.8) is 0 Å². The number of amides is 1. The summed E-state index contributed by atoms with van der Waals surface area (Å²) >= 11 is 3.42. The Hall–Kier alpha value is -0.810. The molecule has 0 bridgehead atoms. The molecule has 1 unspecified atom stereocenters. The number of rotatable bonds is 5. The van der Waals surface area contributed by atoms with Crippen LogP contribution in [0.25, 0.3) is 0 Å². The molecule has 4 nitrogen and oxygen atoms in total. The SMILES string of the molecule is CCn1cc(Br)cc1C(=O)N(C)C(CN)C1CC1. The van der Waals surface area contributed by atoms with Gasteiger partial charge < -0.3 is 15.2 Å². The summed E-state index contributed by atoms with van der Waals surface area (Å²) in [5, 5.41) is 0. The monoisotopic (exact) mass is 313 g/mol. The smallest absolute Gasteiger partial charge is 0.270 e. The minimum Gasteiger partial charge on any atom is -0.343 e. The Morgan fingerprint density at radius 2 is 2.33 bits per heavy atom. The van der Waals surface area contributed by atoms with Crippen molar-refractivity contribution >= 4 is 21.8 Å². The highest BCUT2D eigenvalue weighted by atomic mass is 79.9. The molecule has 100 valence electrons. The van der Waals surface area contributed by atoms with Crippen molar-refractivity contribution in [1.29, 1.82) is 0 Å². The summed E-state index contributed by atoms with van der Waals surface area (Å²) in [6, 6.07) is 2.06. The first-order valence-corrected chi connectivity index (χ1v) is 7.20. The van der Waals surface area contributed by atoms with E-state index in [1.165, 1.54) is 12.8 Å². The molecular formula is C13H20BrN3O. The summed E-state index contributed by atoms with van der Waals surface area (Å²) in [5.41, 5.74) is 6.52. The van der Waals surface area contributed by atoms with Gasteiger partial charge in [0.1, 0.15) is 5.69 Å². The standard InChI is InChI=1S/C13H20BrN3O/c1-3-17-8-10(14)6-11(17)13(18)16(2)12(7-15)9-4-5-9/h6,8-9,12H,3-5,7,15H2,1-2H3. The van der Waals surface area contributed by atoms with Gasteiger partial charge in [-0.25, -0.2) is 0 Å². The second-order valence-corrected chi connectivity index (χ2v) is 5.80. The fraction of sp³-hybridized carbons (Fsp3) is 0.615. The minimum atomic E-state index is 0.0601. The number of carbonyl (C=O) groups excluding carboxylic acids is 1. The van der Waals surface area contributed by atoms with Gasteiger partial charge in [0.25, 0.3) is 5.91 Å². The molecule has 1 aromatic heterocycles. The Balaban J connectivity index is 2.18. The summed E-state index contributed by atoms with van der Waals surface area (Å²) in [5.74, 6) is 0.655. The third-order valence-electron chi connectivity index (χ3n) is 3.65. The number of nitrogens with zero attached hydrogens (tertiary/aromatic N) is 2. The number of hydrogen-bond donors (Lipinski definition) is 1. The summed E-state index contributed by atoms with van der Waals surface area (Å²) in [7, 11) is 1.86. The number of hydrogen-bond acceptors (Lipinski definition) is 2. The van der Waals surface area contributed by atoms with E-state index < -0.39 is 0 Å². The second-order valence-electron chi connectivity index (χ2n) is 4.89. The zero-order valence-electron chi connectivity index (χ0n) is 10.9. The molecule has 2 rings (SSSR count). The van der Waals surface area contributed by atoms with E-state index in [1.807, 2.05) is 35.7 Å². The summed E-state index contributed by atoms with van der Waals surface area (Å²) in [6.07, 6.45) is 4.32. The van der Waals surface area contributed by atoms with E-state index >= 15 is 0 Å². The third kappa shape index (κ3) is 2.62. The van der Waals surface area contributed by atoms with E-state index in [0.717, 1.165) is 16.7 Å². The Bertz CT molecular complexity index is 439. The van der Waals surface area contributed by atoms with E-state index in [4.69, 9.17) is 5.73 Å². The summed E-state index contributed by atoms with van der Waals surface area (Å²) in [4.78, 5) is 14.3. The highest BCUT2D eigenvalue weighted by Gasteiger charge is 2.35. The molecule has 0 aliphatic heterocycles. The second kappa shape index (κ2) is 5.45. The fourth-order valence-electron chi connectivity index (χ4n) is 2.39. The molecule has 1 atom stereocenters. The first-order chi connectivity index (χ1) is 8.58. The van der Waals surface area contributed by atoms with Gasteiger partial charge in [0.15, 0.2) is 0 Å². The van der Waals surface area contributed by atoms with Crippen LogP contribution in [0, 0.1) is 5.92 Å². The predicted molar refractivity (Wildman–Crippen MR) is 75.5 cm³/mol. The molecule has 1 aromatic rings. The van der Waals surface area contributed by atoms with E-state index in [9.17, 15) is 4.79 Å². The van der Waals surface area contributed by atoms with Crippen LogP contribution in [0.5, 0.6) is 0 Å². The van der Waals surface area contributed by atoms with E-state index in [0.29, 0.717) is 12.5 Å². The zero-order valence-corrected chi connectivity index (χ0v) is 12.5. The first-order valence-electron chi connectivity index (χ1n) is 6.41. The zero-order chi connectivity index (χ0) is 13.3. The van der Waals surface area contributed by atoms with Crippen molar-refractivity contribution in [3.05, 3.63) is 22.4 Å². The van der Waals surface area contributed by atoms with Crippen LogP contribution in [0.2, 0.25) is 0 Å².